The average molecular weight is 286 g/mol. The molecule has 88 valence electrons. The highest BCUT2D eigenvalue weighted by Crippen LogP contribution is 2.31. The number of halogens is 2. The minimum atomic E-state index is 0.541. The third-order valence-electron chi connectivity index (χ3n) is 1.97. The van der Waals surface area contributed by atoms with E-state index in [1.165, 1.54) is 11.8 Å². The maximum absolute atomic E-state index is 5.95. The van der Waals surface area contributed by atoms with Gasteiger partial charge in [0.1, 0.15) is 5.03 Å². The SMILES string of the molecule is CNc1nccc(Sc2ccc(Cl)c(Cl)c2)n1. The van der Waals surface area contributed by atoms with E-state index in [0.717, 1.165) is 9.92 Å². The van der Waals surface area contributed by atoms with Gasteiger partial charge in [0.15, 0.2) is 0 Å². The summed E-state index contributed by atoms with van der Waals surface area (Å²) in [6.07, 6.45) is 1.71. The minimum Gasteiger partial charge on any atom is -0.357 e. The molecule has 2 aromatic rings. The van der Waals surface area contributed by atoms with Gasteiger partial charge in [-0.25, -0.2) is 9.97 Å². The maximum Gasteiger partial charge on any atom is 0.223 e. The predicted octanol–water partition coefficient (Wildman–Crippen LogP) is 3.98. The predicted molar refractivity (Wildman–Crippen MR) is 72.2 cm³/mol. The third-order valence-corrected chi connectivity index (χ3v) is 3.63. The smallest absolute Gasteiger partial charge is 0.223 e. The summed E-state index contributed by atoms with van der Waals surface area (Å²) in [7, 11) is 1.78. The zero-order valence-electron chi connectivity index (χ0n) is 8.95. The molecule has 0 amide bonds. The lowest BCUT2D eigenvalue weighted by Gasteiger charge is -2.04. The summed E-state index contributed by atoms with van der Waals surface area (Å²) in [4.78, 5) is 9.34. The average Bonchev–Trinajstić information content (AvgIpc) is 2.34. The Morgan fingerprint density at radius 1 is 1.18 bits per heavy atom. The van der Waals surface area contributed by atoms with Crippen molar-refractivity contribution < 1.29 is 0 Å². The van der Waals surface area contributed by atoms with Gasteiger partial charge in [-0.15, -0.1) is 0 Å². The Morgan fingerprint density at radius 3 is 2.71 bits per heavy atom. The molecule has 1 aromatic carbocycles. The fourth-order valence-electron chi connectivity index (χ4n) is 1.18. The zero-order chi connectivity index (χ0) is 12.3. The van der Waals surface area contributed by atoms with Crippen LogP contribution < -0.4 is 5.32 Å². The number of rotatable bonds is 3. The largest absolute Gasteiger partial charge is 0.357 e. The van der Waals surface area contributed by atoms with E-state index in [1.807, 2.05) is 18.2 Å². The van der Waals surface area contributed by atoms with Gasteiger partial charge >= 0.3 is 0 Å². The summed E-state index contributed by atoms with van der Waals surface area (Å²) in [5.74, 6) is 0.593. The molecule has 6 heteroatoms. The number of nitrogens with zero attached hydrogens (tertiary/aromatic N) is 2. The first-order valence-electron chi connectivity index (χ1n) is 4.83. The molecule has 0 fully saturated rings. The van der Waals surface area contributed by atoms with Gasteiger partial charge in [0.05, 0.1) is 10.0 Å². The van der Waals surface area contributed by atoms with Gasteiger partial charge in [-0.2, -0.15) is 0 Å². The van der Waals surface area contributed by atoms with Crippen LogP contribution in [0.15, 0.2) is 40.4 Å². The van der Waals surface area contributed by atoms with Crippen LogP contribution in [-0.2, 0) is 0 Å². The van der Waals surface area contributed by atoms with Gasteiger partial charge in [0.2, 0.25) is 5.95 Å². The van der Waals surface area contributed by atoms with Gasteiger partial charge in [-0.05, 0) is 24.3 Å². The lowest BCUT2D eigenvalue weighted by atomic mass is 10.4. The monoisotopic (exact) mass is 285 g/mol. The molecular weight excluding hydrogens is 277 g/mol. The molecule has 1 heterocycles. The van der Waals surface area contributed by atoms with Crippen molar-refractivity contribution in [3.63, 3.8) is 0 Å². The molecular formula is C11H9Cl2N3S. The highest BCUT2D eigenvalue weighted by molar-refractivity contribution is 7.99. The van der Waals surface area contributed by atoms with Crippen LogP contribution in [0.1, 0.15) is 0 Å². The van der Waals surface area contributed by atoms with Crippen LogP contribution in [0.25, 0.3) is 0 Å². The van der Waals surface area contributed by atoms with Crippen LogP contribution in [-0.4, -0.2) is 17.0 Å². The van der Waals surface area contributed by atoms with Gasteiger partial charge < -0.3 is 5.32 Å². The van der Waals surface area contributed by atoms with Gasteiger partial charge in [0.25, 0.3) is 0 Å². The van der Waals surface area contributed by atoms with E-state index in [-0.39, 0.29) is 0 Å². The summed E-state index contributed by atoms with van der Waals surface area (Å²) in [6.45, 7) is 0. The van der Waals surface area contributed by atoms with Crippen LogP contribution in [0.3, 0.4) is 0 Å². The van der Waals surface area contributed by atoms with Gasteiger partial charge in [-0.1, -0.05) is 35.0 Å². The van der Waals surface area contributed by atoms with E-state index in [0.29, 0.717) is 16.0 Å². The van der Waals surface area contributed by atoms with Crippen molar-refractivity contribution in [3.05, 3.63) is 40.5 Å². The van der Waals surface area contributed by atoms with E-state index in [4.69, 9.17) is 23.2 Å². The molecule has 17 heavy (non-hydrogen) atoms. The highest BCUT2D eigenvalue weighted by atomic mass is 35.5. The molecule has 0 atom stereocenters. The highest BCUT2D eigenvalue weighted by Gasteiger charge is 2.03. The first-order chi connectivity index (χ1) is 8.19. The molecule has 0 bridgehead atoms. The standard InChI is InChI=1S/C11H9Cl2N3S/c1-14-11-15-5-4-10(16-11)17-7-2-3-8(12)9(13)6-7/h2-6H,1H3,(H,14,15,16). The Labute approximate surface area is 114 Å². The van der Waals surface area contributed by atoms with E-state index >= 15 is 0 Å². The number of benzene rings is 1. The number of anilines is 1. The molecule has 1 N–H and O–H groups in total. The van der Waals surface area contributed by atoms with Crippen molar-refractivity contribution in [2.24, 2.45) is 0 Å². The molecule has 0 aliphatic rings. The van der Waals surface area contributed by atoms with Crippen LogP contribution >= 0.6 is 35.0 Å². The van der Waals surface area contributed by atoms with Crippen molar-refractivity contribution in [1.29, 1.82) is 0 Å². The molecule has 0 radical (unpaired) electrons. The fourth-order valence-corrected chi connectivity index (χ4v) is 2.36. The molecule has 2 rings (SSSR count). The van der Waals surface area contributed by atoms with Crippen molar-refractivity contribution in [2.75, 3.05) is 12.4 Å². The molecule has 0 aliphatic heterocycles. The normalized spacial score (nSPS) is 10.3. The zero-order valence-corrected chi connectivity index (χ0v) is 11.3. The Kier molecular flexibility index (Phi) is 4.10. The first kappa shape index (κ1) is 12.5. The van der Waals surface area contributed by atoms with Gasteiger partial charge in [0, 0.05) is 18.1 Å². The van der Waals surface area contributed by atoms with Crippen molar-refractivity contribution in [1.82, 2.24) is 9.97 Å². The number of hydrogen-bond donors (Lipinski definition) is 1. The summed E-state index contributed by atoms with van der Waals surface area (Å²) in [5, 5.41) is 4.83. The topological polar surface area (TPSA) is 37.8 Å². The maximum atomic E-state index is 5.95. The van der Waals surface area contributed by atoms with E-state index in [9.17, 15) is 0 Å². The second-order valence-corrected chi connectivity index (χ2v) is 5.05. The molecule has 1 aromatic heterocycles. The number of hydrogen-bond acceptors (Lipinski definition) is 4. The molecule has 0 saturated heterocycles. The second kappa shape index (κ2) is 5.58. The molecule has 0 aliphatic carbocycles. The third kappa shape index (κ3) is 3.25. The summed E-state index contributed by atoms with van der Waals surface area (Å²) < 4.78 is 0. The van der Waals surface area contributed by atoms with E-state index < -0.39 is 0 Å². The van der Waals surface area contributed by atoms with Crippen molar-refractivity contribution >= 4 is 40.9 Å². The Bertz CT molecular complexity index is 534. The molecule has 0 unspecified atom stereocenters. The summed E-state index contributed by atoms with van der Waals surface area (Å²) >= 11 is 13.3. The Balaban J connectivity index is 2.22. The Hall–Kier alpha value is -0.970. The molecule has 0 spiro atoms. The second-order valence-electron chi connectivity index (χ2n) is 3.15. The van der Waals surface area contributed by atoms with E-state index in [2.05, 4.69) is 15.3 Å². The van der Waals surface area contributed by atoms with Gasteiger partial charge in [-0.3, -0.25) is 0 Å². The summed E-state index contributed by atoms with van der Waals surface area (Å²) in [6, 6.07) is 7.33. The van der Waals surface area contributed by atoms with Crippen LogP contribution in [0, 0.1) is 0 Å². The van der Waals surface area contributed by atoms with Crippen molar-refractivity contribution in [3.8, 4) is 0 Å². The lowest BCUT2D eigenvalue weighted by molar-refractivity contribution is 1.05. The lowest BCUT2D eigenvalue weighted by Crippen LogP contribution is -1.95. The number of aromatic nitrogens is 2. The van der Waals surface area contributed by atoms with Crippen LogP contribution in [0.4, 0.5) is 5.95 Å². The first-order valence-corrected chi connectivity index (χ1v) is 6.40. The quantitative estimate of drug-likeness (QED) is 0.866. The van der Waals surface area contributed by atoms with Crippen molar-refractivity contribution in [2.45, 2.75) is 9.92 Å². The van der Waals surface area contributed by atoms with E-state index in [1.54, 1.807) is 19.3 Å². The fraction of sp³-hybridized carbons (Fsp3) is 0.0909. The number of nitrogens with one attached hydrogen (secondary N) is 1. The molecule has 0 saturated carbocycles. The molecule has 3 nitrogen and oxygen atoms in total. The summed E-state index contributed by atoms with van der Waals surface area (Å²) in [5.41, 5.74) is 0. The minimum absolute atomic E-state index is 0.541. The van der Waals surface area contributed by atoms with Crippen LogP contribution in [0.5, 0.6) is 0 Å². The Morgan fingerprint density at radius 2 is 2.00 bits per heavy atom. The van der Waals surface area contributed by atoms with Crippen LogP contribution in [0.2, 0.25) is 10.0 Å².